The van der Waals surface area contributed by atoms with Crippen molar-refractivity contribution in [3.63, 3.8) is 0 Å². The Bertz CT molecular complexity index is 618. The molecule has 0 radical (unpaired) electrons. The lowest BCUT2D eigenvalue weighted by molar-refractivity contribution is 0.724. The van der Waals surface area contributed by atoms with E-state index in [1.807, 2.05) is 12.1 Å². The first kappa shape index (κ1) is 13.0. The second-order valence-corrected chi connectivity index (χ2v) is 5.17. The minimum Gasteiger partial charge on any atom is -0.370 e. The van der Waals surface area contributed by atoms with Gasteiger partial charge in [0.2, 0.25) is 0 Å². The van der Waals surface area contributed by atoms with Gasteiger partial charge >= 0.3 is 5.69 Å². The Labute approximate surface area is 118 Å². The van der Waals surface area contributed by atoms with Crippen LogP contribution in [0.4, 0.5) is 5.69 Å². The number of hydrogen-bond donors (Lipinski definition) is 1. The summed E-state index contributed by atoms with van der Waals surface area (Å²) in [5.74, 6) is 0. The van der Waals surface area contributed by atoms with E-state index in [1.165, 1.54) is 12.1 Å². The highest BCUT2D eigenvalue weighted by molar-refractivity contribution is 5.51. The van der Waals surface area contributed by atoms with E-state index >= 15 is 0 Å². The van der Waals surface area contributed by atoms with Gasteiger partial charge in [0.25, 0.3) is 0 Å². The van der Waals surface area contributed by atoms with Crippen LogP contribution in [-0.2, 0) is 7.05 Å². The van der Waals surface area contributed by atoms with Gasteiger partial charge in [-0.15, -0.1) is 0 Å². The lowest BCUT2D eigenvalue weighted by atomic mass is 10.2. The van der Waals surface area contributed by atoms with Gasteiger partial charge in [-0.05, 0) is 37.2 Å². The Kier molecular flexibility index (Phi) is 3.60. The van der Waals surface area contributed by atoms with E-state index in [2.05, 4.69) is 22.3 Å². The second-order valence-electron chi connectivity index (χ2n) is 5.17. The highest BCUT2D eigenvalue weighted by atomic mass is 16.1. The maximum atomic E-state index is 11.9. The van der Waals surface area contributed by atoms with E-state index in [4.69, 9.17) is 0 Å². The molecule has 0 atom stereocenters. The van der Waals surface area contributed by atoms with Crippen LogP contribution in [0.5, 0.6) is 0 Å². The molecule has 0 unspecified atom stereocenters. The summed E-state index contributed by atoms with van der Waals surface area (Å²) >= 11 is 0. The molecule has 1 fully saturated rings. The number of benzene rings is 1. The van der Waals surface area contributed by atoms with Crippen LogP contribution in [0.3, 0.4) is 0 Å². The zero-order chi connectivity index (χ0) is 13.9. The molecule has 3 rings (SSSR count). The first-order valence-electron chi connectivity index (χ1n) is 7.06. The number of hydrogen-bond acceptors (Lipinski definition) is 3. The Balaban J connectivity index is 1.84. The summed E-state index contributed by atoms with van der Waals surface area (Å²) in [5.41, 5.74) is 2.12. The van der Waals surface area contributed by atoms with Crippen LogP contribution in [0.15, 0.2) is 41.5 Å². The van der Waals surface area contributed by atoms with Gasteiger partial charge in [-0.2, -0.15) is 0 Å². The minimum atomic E-state index is -0.0169. The standard InChI is InChI=1S/C15H20N4O/c1-17-11-12-19(15(17)20)14-5-3-13(4-6-14)18-9-2-7-16-8-10-18/h3-6,11-12,16H,2,7-10H2,1H3. The first-order chi connectivity index (χ1) is 9.75. The molecule has 0 amide bonds. The third-order valence-corrected chi connectivity index (χ3v) is 3.78. The molecular formula is C15H20N4O. The van der Waals surface area contributed by atoms with Gasteiger partial charge in [-0.3, -0.25) is 4.57 Å². The number of aryl methyl sites for hydroxylation is 1. The molecule has 1 saturated heterocycles. The van der Waals surface area contributed by atoms with E-state index in [0.717, 1.165) is 31.9 Å². The van der Waals surface area contributed by atoms with E-state index < -0.39 is 0 Å². The molecule has 5 heteroatoms. The number of aromatic nitrogens is 2. The number of nitrogens with zero attached hydrogens (tertiary/aromatic N) is 3. The summed E-state index contributed by atoms with van der Waals surface area (Å²) < 4.78 is 3.24. The molecule has 1 aromatic heterocycles. The molecule has 0 aliphatic carbocycles. The minimum absolute atomic E-state index is 0.0169. The second kappa shape index (κ2) is 5.54. The van der Waals surface area contributed by atoms with Crippen molar-refractivity contribution in [2.24, 2.45) is 7.05 Å². The van der Waals surface area contributed by atoms with Crippen LogP contribution in [0.1, 0.15) is 6.42 Å². The van der Waals surface area contributed by atoms with Gasteiger partial charge < -0.3 is 14.8 Å². The van der Waals surface area contributed by atoms with Crippen molar-refractivity contribution >= 4 is 5.69 Å². The van der Waals surface area contributed by atoms with Gasteiger partial charge in [-0.25, -0.2) is 4.79 Å². The number of anilines is 1. The smallest absolute Gasteiger partial charge is 0.332 e. The molecule has 2 aromatic rings. The zero-order valence-electron chi connectivity index (χ0n) is 11.7. The van der Waals surface area contributed by atoms with E-state index in [9.17, 15) is 4.79 Å². The normalized spacial score (nSPS) is 16.1. The van der Waals surface area contributed by atoms with Gasteiger partial charge in [0.15, 0.2) is 0 Å². The van der Waals surface area contributed by atoms with Crippen LogP contribution in [-0.4, -0.2) is 35.3 Å². The summed E-state index contributed by atoms with van der Waals surface area (Å²) in [7, 11) is 1.76. The predicted octanol–water partition coefficient (Wildman–Crippen LogP) is 0.976. The SMILES string of the molecule is Cn1ccn(-c2ccc(N3CCCNCC3)cc2)c1=O. The number of nitrogens with one attached hydrogen (secondary N) is 1. The maximum Gasteiger partial charge on any atom is 0.332 e. The summed E-state index contributed by atoms with van der Waals surface area (Å²) in [6.07, 6.45) is 4.74. The average Bonchev–Trinajstić information content (AvgIpc) is 2.71. The van der Waals surface area contributed by atoms with Crippen LogP contribution in [0.2, 0.25) is 0 Å². The van der Waals surface area contributed by atoms with Crippen LogP contribution < -0.4 is 15.9 Å². The summed E-state index contributed by atoms with van der Waals surface area (Å²) in [6, 6.07) is 8.21. The third-order valence-electron chi connectivity index (χ3n) is 3.78. The van der Waals surface area contributed by atoms with Crippen molar-refractivity contribution in [1.29, 1.82) is 0 Å². The van der Waals surface area contributed by atoms with E-state index in [1.54, 1.807) is 28.6 Å². The largest absolute Gasteiger partial charge is 0.370 e. The molecule has 20 heavy (non-hydrogen) atoms. The Morgan fingerprint density at radius 1 is 1.00 bits per heavy atom. The highest BCUT2D eigenvalue weighted by Gasteiger charge is 2.10. The van der Waals surface area contributed by atoms with Gasteiger partial charge in [0, 0.05) is 44.8 Å². The molecule has 1 aliphatic heterocycles. The summed E-state index contributed by atoms with van der Waals surface area (Å²) in [6.45, 7) is 4.23. The fourth-order valence-electron chi connectivity index (χ4n) is 2.59. The topological polar surface area (TPSA) is 42.2 Å². The van der Waals surface area contributed by atoms with Crippen molar-refractivity contribution in [1.82, 2.24) is 14.5 Å². The lowest BCUT2D eigenvalue weighted by Crippen LogP contribution is -2.27. The lowest BCUT2D eigenvalue weighted by Gasteiger charge is -2.22. The fraction of sp³-hybridized carbons (Fsp3) is 0.400. The number of imidazole rings is 1. The monoisotopic (exact) mass is 272 g/mol. The molecule has 0 spiro atoms. The van der Waals surface area contributed by atoms with Crippen molar-refractivity contribution in [3.05, 3.63) is 47.1 Å². The third kappa shape index (κ3) is 2.49. The molecular weight excluding hydrogens is 252 g/mol. The number of rotatable bonds is 2. The van der Waals surface area contributed by atoms with E-state index in [-0.39, 0.29) is 5.69 Å². The molecule has 1 N–H and O–H groups in total. The fourth-order valence-corrected chi connectivity index (χ4v) is 2.59. The average molecular weight is 272 g/mol. The predicted molar refractivity (Wildman–Crippen MR) is 80.7 cm³/mol. The Morgan fingerprint density at radius 2 is 1.75 bits per heavy atom. The molecule has 2 heterocycles. The van der Waals surface area contributed by atoms with Crippen molar-refractivity contribution in [2.45, 2.75) is 6.42 Å². The Hall–Kier alpha value is -2.01. The molecule has 0 saturated carbocycles. The van der Waals surface area contributed by atoms with Crippen LogP contribution in [0.25, 0.3) is 5.69 Å². The molecule has 0 bridgehead atoms. The van der Waals surface area contributed by atoms with Crippen LogP contribution >= 0.6 is 0 Å². The molecule has 1 aromatic carbocycles. The molecule has 5 nitrogen and oxygen atoms in total. The van der Waals surface area contributed by atoms with Gasteiger partial charge in [0.1, 0.15) is 0 Å². The van der Waals surface area contributed by atoms with Crippen molar-refractivity contribution in [3.8, 4) is 5.69 Å². The molecule has 106 valence electrons. The first-order valence-corrected chi connectivity index (χ1v) is 7.06. The summed E-state index contributed by atoms with van der Waals surface area (Å²) in [5, 5.41) is 3.40. The van der Waals surface area contributed by atoms with Crippen molar-refractivity contribution in [2.75, 3.05) is 31.1 Å². The van der Waals surface area contributed by atoms with Crippen molar-refractivity contribution < 1.29 is 0 Å². The van der Waals surface area contributed by atoms with Crippen LogP contribution in [0, 0.1) is 0 Å². The zero-order valence-corrected chi connectivity index (χ0v) is 11.7. The maximum absolute atomic E-state index is 11.9. The Morgan fingerprint density at radius 3 is 2.45 bits per heavy atom. The van der Waals surface area contributed by atoms with Gasteiger partial charge in [0.05, 0.1) is 5.69 Å². The quantitative estimate of drug-likeness (QED) is 0.886. The highest BCUT2D eigenvalue weighted by Crippen LogP contribution is 2.17. The van der Waals surface area contributed by atoms with E-state index in [0.29, 0.717) is 0 Å². The summed E-state index contributed by atoms with van der Waals surface area (Å²) in [4.78, 5) is 14.3. The van der Waals surface area contributed by atoms with Gasteiger partial charge in [-0.1, -0.05) is 0 Å². The molecule has 1 aliphatic rings.